The second-order valence-corrected chi connectivity index (χ2v) is 5.39. The maximum Gasteiger partial charge on any atom is 0.352 e. The minimum absolute atomic E-state index is 0.0778. The molecule has 116 valence electrons. The number of nitrogens with one attached hydrogen (secondary N) is 1. The second-order valence-electron chi connectivity index (χ2n) is 5.39. The molecule has 1 aliphatic carbocycles. The molecule has 7 heteroatoms. The Balaban J connectivity index is 2.15. The van der Waals surface area contributed by atoms with Crippen LogP contribution in [0.15, 0.2) is 0 Å². The SMILES string of the molecule is CCNc1nc(C)c([N+](=O)[O-])c(OCC2CCCCC2)n1. The van der Waals surface area contributed by atoms with Gasteiger partial charge in [0, 0.05) is 6.54 Å². The van der Waals surface area contributed by atoms with E-state index in [1.807, 2.05) is 6.92 Å². The molecule has 1 saturated carbocycles. The maximum absolute atomic E-state index is 11.2. The maximum atomic E-state index is 11.2. The number of anilines is 1. The third-order valence-electron chi connectivity index (χ3n) is 3.72. The predicted octanol–water partition coefficient (Wildman–Crippen LogP) is 3.08. The smallest absolute Gasteiger partial charge is 0.352 e. The largest absolute Gasteiger partial charge is 0.472 e. The average molecular weight is 294 g/mol. The lowest BCUT2D eigenvalue weighted by Crippen LogP contribution is -2.17. The molecule has 1 aromatic heterocycles. The highest BCUT2D eigenvalue weighted by Gasteiger charge is 2.25. The van der Waals surface area contributed by atoms with Gasteiger partial charge in [0.1, 0.15) is 5.69 Å². The fraction of sp³-hybridized carbons (Fsp3) is 0.714. The van der Waals surface area contributed by atoms with Crippen molar-refractivity contribution in [3.8, 4) is 5.88 Å². The van der Waals surface area contributed by atoms with Gasteiger partial charge < -0.3 is 10.1 Å². The van der Waals surface area contributed by atoms with Gasteiger partial charge in [0.15, 0.2) is 0 Å². The number of aromatic nitrogens is 2. The van der Waals surface area contributed by atoms with Crippen LogP contribution in [0.3, 0.4) is 0 Å². The highest BCUT2D eigenvalue weighted by molar-refractivity contribution is 5.48. The first kappa shape index (κ1) is 15.5. The first-order valence-electron chi connectivity index (χ1n) is 7.51. The van der Waals surface area contributed by atoms with Crippen molar-refractivity contribution in [1.82, 2.24) is 9.97 Å². The van der Waals surface area contributed by atoms with Crippen LogP contribution in [0.25, 0.3) is 0 Å². The number of nitrogens with zero attached hydrogens (tertiary/aromatic N) is 3. The van der Waals surface area contributed by atoms with Gasteiger partial charge in [-0.1, -0.05) is 19.3 Å². The quantitative estimate of drug-likeness (QED) is 0.640. The van der Waals surface area contributed by atoms with Crippen LogP contribution in [0, 0.1) is 23.0 Å². The molecule has 1 heterocycles. The van der Waals surface area contributed by atoms with Crippen molar-refractivity contribution < 1.29 is 9.66 Å². The first-order chi connectivity index (χ1) is 10.1. The van der Waals surface area contributed by atoms with E-state index in [0.29, 0.717) is 30.7 Å². The lowest BCUT2D eigenvalue weighted by atomic mass is 9.90. The molecule has 0 unspecified atom stereocenters. The van der Waals surface area contributed by atoms with Crippen molar-refractivity contribution in [3.63, 3.8) is 0 Å². The van der Waals surface area contributed by atoms with E-state index in [2.05, 4.69) is 15.3 Å². The molecule has 1 aliphatic rings. The van der Waals surface area contributed by atoms with Crippen LogP contribution < -0.4 is 10.1 Å². The normalized spacial score (nSPS) is 15.7. The van der Waals surface area contributed by atoms with E-state index >= 15 is 0 Å². The van der Waals surface area contributed by atoms with Gasteiger partial charge in [-0.2, -0.15) is 4.98 Å². The monoisotopic (exact) mass is 294 g/mol. The molecule has 2 rings (SSSR count). The van der Waals surface area contributed by atoms with Crippen LogP contribution in [0.1, 0.15) is 44.7 Å². The summed E-state index contributed by atoms with van der Waals surface area (Å²) < 4.78 is 5.67. The van der Waals surface area contributed by atoms with E-state index in [1.54, 1.807) is 6.92 Å². The van der Waals surface area contributed by atoms with Crippen LogP contribution in [-0.4, -0.2) is 28.0 Å². The second kappa shape index (κ2) is 7.19. The van der Waals surface area contributed by atoms with E-state index in [1.165, 1.54) is 19.3 Å². The molecule has 1 aromatic rings. The Morgan fingerprint density at radius 3 is 2.67 bits per heavy atom. The average Bonchev–Trinajstić information content (AvgIpc) is 2.45. The van der Waals surface area contributed by atoms with Crippen molar-refractivity contribution in [1.29, 1.82) is 0 Å². The van der Waals surface area contributed by atoms with Gasteiger partial charge in [0.25, 0.3) is 5.88 Å². The minimum Gasteiger partial charge on any atom is -0.472 e. The van der Waals surface area contributed by atoms with Crippen LogP contribution in [-0.2, 0) is 0 Å². The van der Waals surface area contributed by atoms with Crippen LogP contribution in [0.4, 0.5) is 11.6 Å². The van der Waals surface area contributed by atoms with Crippen LogP contribution in [0.5, 0.6) is 5.88 Å². The summed E-state index contributed by atoms with van der Waals surface area (Å²) in [7, 11) is 0. The molecule has 1 fully saturated rings. The molecular weight excluding hydrogens is 272 g/mol. The van der Waals surface area contributed by atoms with Gasteiger partial charge in [-0.3, -0.25) is 10.1 Å². The van der Waals surface area contributed by atoms with Gasteiger partial charge >= 0.3 is 5.69 Å². The molecule has 0 atom stereocenters. The zero-order chi connectivity index (χ0) is 15.2. The Morgan fingerprint density at radius 1 is 1.33 bits per heavy atom. The molecule has 0 saturated heterocycles. The van der Waals surface area contributed by atoms with Crippen molar-refractivity contribution in [3.05, 3.63) is 15.8 Å². The molecule has 0 radical (unpaired) electrons. The Kier molecular flexibility index (Phi) is 5.30. The van der Waals surface area contributed by atoms with Crippen molar-refractivity contribution in [2.75, 3.05) is 18.5 Å². The van der Waals surface area contributed by atoms with Crippen LogP contribution in [0.2, 0.25) is 0 Å². The number of ether oxygens (including phenoxy) is 1. The van der Waals surface area contributed by atoms with Crippen LogP contribution >= 0.6 is 0 Å². The van der Waals surface area contributed by atoms with E-state index < -0.39 is 4.92 Å². The van der Waals surface area contributed by atoms with Gasteiger partial charge in [-0.05, 0) is 32.6 Å². The van der Waals surface area contributed by atoms with Crippen molar-refractivity contribution in [2.45, 2.75) is 46.0 Å². The molecule has 0 spiro atoms. The highest BCUT2D eigenvalue weighted by Crippen LogP contribution is 2.30. The number of hydrogen-bond donors (Lipinski definition) is 1. The first-order valence-corrected chi connectivity index (χ1v) is 7.51. The standard InChI is InChI=1S/C14H22N4O3/c1-3-15-14-16-10(2)12(18(19)20)13(17-14)21-9-11-7-5-4-6-8-11/h11H,3-9H2,1-2H3,(H,15,16,17). The summed E-state index contributed by atoms with van der Waals surface area (Å²) in [6, 6.07) is 0. The fourth-order valence-corrected chi connectivity index (χ4v) is 2.64. The van der Waals surface area contributed by atoms with Gasteiger partial charge in [0.05, 0.1) is 11.5 Å². The lowest BCUT2D eigenvalue weighted by Gasteiger charge is -2.21. The highest BCUT2D eigenvalue weighted by atomic mass is 16.6. The molecule has 0 aliphatic heterocycles. The Labute approximate surface area is 124 Å². The topological polar surface area (TPSA) is 90.2 Å². The summed E-state index contributed by atoms with van der Waals surface area (Å²) in [6.45, 7) is 4.67. The molecular formula is C14H22N4O3. The number of hydrogen-bond acceptors (Lipinski definition) is 6. The van der Waals surface area contributed by atoms with E-state index in [0.717, 1.165) is 12.8 Å². The van der Waals surface area contributed by atoms with Crippen molar-refractivity contribution >= 4 is 11.6 Å². The van der Waals surface area contributed by atoms with E-state index in [4.69, 9.17) is 4.74 Å². The summed E-state index contributed by atoms with van der Waals surface area (Å²) in [5.41, 5.74) is 0.192. The minimum atomic E-state index is -0.471. The molecule has 1 N–H and O–H groups in total. The van der Waals surface area contributed by atoms with E-state index in [-0.39, 0.29) is 11.6 Å². The Morgan fingerprint density at radius 2 is 2.05 bits per heavy atom. The number of aryl methyl sites for hydroxylation is 1. The Bertz CT molecular complexity index is 501. The molecule has 0 bridgehead atoms. The molecule has 7 nitrogen and oxygen atoms in total. The van der Waals surface area contributed by atoms with Gasteiger partial charge in [0.2, 0.25) is 5.95 Å². The zero-order valence-electron chi connectivity index (χ0n) is 12.6. The summed E-state index contributed by atoms with van der Waals surface area (Å²) in [5, 5.41) is 14.2. The molecule has 21 heavy (non-hydrogen) atoms. The third-order valence-corrected chi connectivity index (χ3v) is 3.72. The molecule has 0 amide bonds. The fourth-order valence-electron chi connectivity index (χ4n) is 2.64. The summed E-state index contributed by atoms with van der Waals surface area (Å²) >= 11 is 0. The Hall–Kier alpha value is -1.92. The third kappa shape index (κ3) is 4.03. The summed E-state index contributed by atoms with van der Waals surface area (Å²) in [4.78, 5) is 19.0. The number of rotatable bonds is 6. The summed E-state index contributed by atoms with van der Waals surface area (Å²) in [6.07, 6.45) is 5.94. The zero-order valence-corrected chi connectivity index (χ0v) is 12.6. The van der Waals surface area contributed by atoms with Crippen molar-refractivity contribution in [2.24, 2.45) is 5.92 Å². The molecule has 0 aromatic carbocycles. The van der Waals surface area contributed by atoms with Gasteiger partial charge in [-0.15, -0.1) is 0 Å². The predicted molar refractivity (Wildman–Crippen MR) is 79.7 cm³/mol. The number of nitro groups is 1. The van der Waals surface area contributed by atoms with Gasteiger partial charge in [-0.25, -0.2) is 4.98 Å². The van der Waals surface area contributed by atoms with E-state index in [9.17, 15) is 10.1 Å². The summed E-state index contributed by atoms with van der Waals surface area (Å²) in [5.74, 6) is 0.921. The lowest BCUT2D eigenvalue weighted by molar-refractivity contribution is -0.387.